The van der Waals surface area contributed by atoms with Gasteiger partial charge < -0.3 is 10.1 Å². The van der Waals surface area contributed by atoms with E-state index in [1.54, 1.807) is 0 Å². The molecule has 0 aromatic rings. The summed E-state index contributed by atoms with van der Waals surface area (Å²) in [4.78, 5) is 2.61. The second-order valence-electron chi connectivity index (χ2n) is 5.26. The molecule has 2 rings (SSSR count). The van der Waals surface area contributed by atoms with Crippen molar-refractivity contribution in [1.29, 1.82) is 0 Å². The Labute approximate surface area is 99.5 Å². The number of nitrogens with zero attached hydrogens (tertiary/aromatic N) is 1. The molecule has 3 nitrogen and oxygen atoms in total. The summed E-state index contributed by atoms with van der Waals surface area (Å²) in [6.45, 7) is 9.02. The smallest absolute Gasteiger partial charge is 0.0702 e. The summed E-state index contributed by atoms with van der Waals surface area (Å²) in [7, 11) is 0. The molecule has 0 spiro atoms. The molecule has 16 heavy (non-hydrogen) atoms. The van der Waals surface area contributed by atoms with Crippen molar-refractivity contribution in [2.75, 3.05) is 26.2 Å². The van der Waals surface area contributed by atoms with E-state index in [0.29, 0.717) is 12.1 Å². The molecule has 3 unspecified atom stereocenters. The Morgan fingerprint density at radius 2 is 2.25 bits per heavy atom. The van der Waals surface area contributed by atoms with Crippen LogP contribution in [0.3, 0.4) is 0 Å². The first-order valence-electron chi connectivity index (χ1n) is 6.88. The minimum Gasteiger partial charge on any atom is -0.377 e. The highest BCUT2D eigenvalue weighted by Crippen LogP contribution is 2.21. The topological polar surface area (TPSA) is 24.5 Å². The van der Waals surface area contributed by atoms with E-state index >= 15 is 0 Å². The fourth-order valence-corrected chi connectivity index (χ4v) is 3.02. The molecule has 2 aliphatic rings. The molecular formula is C13H26N2O. The van der Waals surface area contributed by atoms with Crippen LogP contribution in [0.25, 0.3) is 0 Å². The molecular weight excluding hydrogens is 200 g/mol. The lowest BCUT2D eigenvalue weighted by Crippen LogP contribution is -2.49. The highest BCUT2D eigenvalue weighted by molar-refractivity contribution is 4.84. The van der Waals surface area contributed by atoms with Crippen LogP contribution in [0.2, 0.25) is 0 Å². The van der Waals surface area contributed by atoms with Crippen LogP contribution in [0.1, 0.15) is 39.5 Å². The third kappa shape index (κ3) is 3.19. The number of rotatable bonds is 4. The molecule has 0 aromatic carbocycles. The van der Waals surface area contributed by atoms with Crippen molar-refractivity contribution in [2.24, 2.45) is 0 Å². The normalized spacial score (nSPS) is 36.8. The number of ether oxygens (including phenoxy) is 1. The average Bonchev–Trinajstić information content (AvgIpc) is 2.75. The average molecular weight is 226 g/mol. The highest BCUT2D eigenvalue weighted by Gasteiger charge is 2.27. The SMILES string of the molecule is CCNC1CCN(CC2CCCO2)C(C)C1. The lowest BCUT2D eigenvalue weighted by atomic mass is 9.97. The van der Waals surface area contributed by atoms with Crippen LogP contribution < -0.4 is 5.32 Å². The van der Waals surface area contributed by atoms with Gasteiger partial charge in [0.25, 0.3) is 0 Å². The van der Waals surface area contributed by atoms with E-state index in [0.717, 1.165) is 25.7 Å². The Morgan fingerprint density at radius 3 is 2.88 bits per heavy atom. The van der Waals surface area contributed by atoms with Crippen LogP contribution in [0.5, 0.6) is 0 Å². The van der Waals surface area contributed by atoms with Gasteiger partial charge in [0.05, 0.1) is 6.10 Å². The predicted molar refractivity (Wildman–Crippen MR) is 66.7 cm³/mol. The van der Waals surface area contributed by atoms with Crippen molar-refractivity contribution in [3.8, 4) is 0 Å². The fraction of sp³-hybridized carbons (Fsp3) is 1.00. The van der Waals surface area contributed by atoms with Gasteiger partial charge >= 0.3 is 0 Å². The second-order valence-corrected chi connectivity index (χ2v) is 5.26. The molecule has 0 saturated carbocycles. The molecule has 3 atom stereocenters. The number of piperidine rings is 1. The number of hydrogen-bond acceptors (Lipinski definition) is 3. The Hall–Kier alpha value is -0.120. The maximum Gasteiger partial charge on any atom is 0.0702 e. The summed E-state index contributed by atoms with van der Waals surface area (Å²) < 4.78 is 5.72. The predicted octanol–water partition coefficient (Wildman–Crippen LogP) is 1.63. The maximum absolute atomic E-state index is 5.72. The fourth-order valence-electron chi connectivity index (χ4n) is 3.02. The first-order chi connectivity index (χ1) is 7.79. The zero-order valence-electron chi connectivity index (χ0n) is 10.7. The van der Waals surface area contributed by atoms with Crippen LogP contribution in [-0.4, -0.2) is 49.3 Å². The highest BCUT2D eigenvalue weighted by atomic mass is 16.5. The van der Waals surface area contributed by atoms with Gasteiger partial charge in [0.15, 0.2) is 0 Å². The molecule has 2 fully saturated rings. The Morgan fingerprint density at radius 1 is 1.38 bits per heavy atom. The van der Waals surface area contributed by atoms with E-state index in [1.807, 2.05) is 0 Å². The zero-order chi connectivity index (χ0) is 11.4. The van der Waals surface area contributed by atoms with Gasteiger partial charge in [-0.05, 0) is 39.2 Å². The number of likely N-dealkylation sites (tertiary alicyclic amines) is 1. The van der Waals surface area contributed by atoms with E-state index in [-0.39, 0.29) is 0 Å². The molecule has 2 saturated heterocycles. The van der Waals surface area contributed by atoms with Gasteiger partial charge in [0.1, 0.15) is 0 Å². The van der Waals surface area contributed by atoms with Crippen LogP contribution in [0.4, 0.5) is 0 Å². The molecule has 0 aromatic heterocycles. The van der Waals surface area contributed by atoms with Gasteiger partial charge in [-0.3, -0.25) is 4.90 Å². The minimum atomic E-state index is 0.512. The van der Waals surface area contributed by atoms with E-state index in [2.05, 4.69) is 24.1 Å². The lowest BCUT2D eigenvalue weighted by molar-refractivity contribution is 0.0427. The van der Waals surface area contributed by atoms with Crippen molar-refractivity contribution in [3.63, 3.8) is 0 Å². The largest absolute Gasteiger partial charge is 0.377 e. The first-order valence-corrected chi connectivity index (χ1v) is 6.88. The molecule has 2 heterocycles. The quantitative estimate of drug-likeness (QED) is 0.788. The lowest BCUT2D eigenvalue weighted by Gasteiger charge is -2.39. The summed E-state index contributed by atoms with van der Waals surface area (Å²) >= 11 is 0. The summed E-state index contributed by atoms with van der Waals surface area (Å²) in [5.41, 5.74) is 0. The third-order valence-corrected chi connectivity index (χ3v) is 3.97. The Balaban J connectivity index is 1.74. The van der Waals surface area contributed by atoms with Crippen molar-refractivity contribution in [1.82, 2.24) is 10.2 Å². The number of nitrogens with one attached hydrogen (secondary N) is 1. The molecule has 2 aliphatic heterocycles. The van der Waals surface area contributed by atoms with Gasteiger partial charge in [-0.25, -0.2) is 0 Å². The molecule has 0 bridgehead atoms. The first kappa shape index (κ1) is 12.3. The second kappa shape index (κ2) is 5.99. The van der Waals surface area contributed by atoms with Gasteiger partial charge in [-0.15, -0.1) is 0 Å². The van der Waals surface area contributed by atoms with E-state index in [1.165, 1.54) is 32.2 Å². The van der Waals surface area contributed by atoms with Crippen LogP contribution >= 0.6 is 0 Å². The standard InChI is InChI=1S/C13H26N2O/c1-3-14-12-6-7-15(11(2)9-12)10-13-5-4-8-16-13/h11-14H,3-10H2,1-2H3. The van der Waals surface area contributed by atoms with Crippen LogP contribution in [0, 0.1) is 0 Å². The number of hydrogen-bond donors (Lipinski definition) is 1. The molecule has 0 amide bonds. The van der Waals surface area contributed by atoms with Crippen molar-refractivity contribution < 1.29 is 4.74 Å². The molecule has 0 aliphatic carbocycles. The Kier molecular flexibility index (Phi) is 4.62. The monoisotopic (exact) mass is 226 g/mol. The molecule has 3 heteroatoms. The van der Waals surface area contributed by atoms with Gasteiger partial charge in [0.2, 0.25) is 0 Å². The third-order valence-electron chi connectivity index (χ3n) is 3.97. The summed E-state index contributed by atoms with van der Waals surface area (Å²) in [6.07, 6.45) is 5.62. The molecule has 0 radical (unpaired) electrons. The van der Waals surface area contributed by atoms with Crippen molar-refractivity contribution >= 4 is 0 Å². The maximum atomic E-state index is 5.72. The van der Waals surface area contributed by atoms with Gasteiger partial charge in [-0.2, -0.15) is 0 Å². The minimum absolute atomic E-state index is 0.512. The molecule has 1 N–H and O–H groups in total. The summed E-state index contributed by atoms with van der Waals surface area (Å²) in [5.74, 6) is 0. The Bertz CT molecular complexity index is 204. The van der Waals surface area contributed by atoms with Gasteiger partial charge in [-0.1, -0.05) is 6.92 Å². The van der Waals surface area contributed by atoms with E-state index in [4.69, 9.17) is 4.74 Å². The summed E-state index contributed by atoms with van der Waals surface area (Å²) in [6, 6.07) is 1.45. The molecule has 94 valence electrons. The van der Waals surface area contributed by atoms with Crippen molar-refractivity contribution in [2.45, 2.75) is 57.7 Å². The summed E-state index contributed by atoms with van der Waals surface area (Å²) in [5, 5.41) is 3.57. The van der Waals surface area contributed by atoms with Gasteiger partial charge in [0, 0.05) is 31.8 Å². The van der Waals surface area contributed by atoms with Crippen molar-refractivity contribution in [3.05, 3.63) is 0 Å². The van der Waals surface area contributed by atoms with E-state index in [9.17, 15) is 0 Å². The van der Waals surface area contributed by atoms with Crippen LogP contribution in [0.15, 0.2) is 0 Å². The van der Waals surface area contributed by atoms with E-state index < -0.39 is 0 Å². The van der Waals surface area contributed by atoms with Crippen LogP contribution in [-0.2, 0) is 4.74 Å². The zero-order valence-corrected chi connectivity index (χ0v) is 10.7.